The first kappa shape index (κ1) is 18.2. The fraction of sp³-hybridized carbons (Fsp3) is 0.190. The largest absolute Gasteiger partial charge is 0.360 e. The standard InChI is InChI=1S/C21H20N4O2/c1-14-9-18(16(3)25(14)13-17-7-5-4-6-8-17)11-19(12-22)21(26)23-20-10-15(2)27-24-20/h4-11H,13H2,1-3H3,(H,23,24,26)/b19-11-. The normalized spacial score (nSPS) is 11.3. The first-order chi connectivity index (χ1) is 13.0. The summed E-state index contributed by atoms with van der Waals surface area (Å²) in [5, 5.41) is 15.7. The molecule has 0 spiro atoms. The number of hydrogen-bond donors (Lipinski definition) is 1. The number of nitrogens with one attached hydrogen (secondary N) is 1. The predicted molar refractivity (Wildman–Crippen MR) is 103 cm³/mol. The minimum absolute atomic E-state index is 0.00983. The van der Waals surface area contributed by atoms with Crippen molar-refractivity contribution in [1.29, 1.82) is 5.26 Å². The van der Waals surface area contributed by atoms with Gasteiger partial charge in [-0.3, -0.25) is 4.79 Å². The van der Waals surface area contributed by atoms with Crippen molar-refractivity contribution in [2.24, 2.45) is 0 Å². The number of nitrogens with zero attached hydrogens (tertiary/aromatic N) is 3. The van der Waals surface area contributed by atoms with Crippen molar-refractivity contribution < 1.29 is 9.32 Å². The summed E-state index contributed by atoms with van der Waals surface area (Å²) in [6.07, 6.45) is 1.60. The van der Waals surface area contributed by atoms with E-state index in [2.05, 4.69) is 27.2 Å². The van der Waals surface area contributed by atoms with E-state index in [1.54, 1.807) is 19.1 Å². The van der Waals surface area contributed by atoms with E-state index in [4.69, 9.17) is 4.52 Å². The zero-order chi connectivity index (χ0) is 19.4. The highest BCUT2D eigenvalue weighted by Gasteiger charge is 2.14. The Balaban J connectivity index is 1.85. The summed E-state index contributed by atoms with van der Waals surface area (Å²) in [6, 6.07) is 15.7. The quantitative estimate of drug-likeness (QED) is 0.551. The lowest BCUT2D eigenvalue weighted by molar-refractivity contribution is -0.112. The van der Waals surface area contributed by atoms with Crippen LogP contribution in [0.5, 0.6) is 0 Å². The Morgan fingerprint density at radius 1 is 1.26 bits per heavy atom. The summed E-state index contributed by atoms with van der Waals surface area (Å²) in [6.45, 7) is 6.46. The molecule has 0 bridgehead atoms. The zero-order valence-electron chi connectivity index (χ0n) is 15.5. The second kappa shape index (κ2) is 7.75. The maximum absolute atomic E-state index is 12.4. The summed E-state index contributed by atoms with van der Waals surface area (Å²) < 4.78 is 7.08. The molecule has 0 aliphatic rings. The molecule has 3 aromatic rings. The molecule has 1 amide bonds. The Hall–Kier alpha value is -3.59. The minimum Gasteiger partial charge on any atom is -0.360 e. The van der Waals surface area contributed by atoms with Crippen LogP contribution in [0.25, 0.3) is 6.08 Å². The Kier molecular flexibility index (Phi) is 5.23. The van der Waals surface area contributed by atoms with Gasteiger partial charge in [-0.05, 0) is 44.0 Å². The number of aryl methyl sites for hydroxylation is 2. The van der Waals surface area contributed by atoms with Crippen molar-refractivity contribution in [1.82, 2.24) is 9.72 Å². The molecule has 6 heteroatoms. The second-order valence-electron chi connectivity index (χ2n) is 6.34. The molecule has 0 atom stereocenters. The molecule has 2 aromatic heterocycles. The molecule has 1 N–H and O–H groups in total. The third-order valence-corrected chi connectivity index (χ3v) is 4.33. The van der Waals surface area contributed by atoms with Crippen LogP contribution >= 0.6 is 0 Å². The van der Waals surface area contributed by atoms with Crippen molar-refractivity contribution in [3.8, 4) is 6.07 Å². The van der Waals surface area contributed by atoms with E-state index in [-0.39, 0.29) is 11.4 Å². The van der Waals surface area contributed by atoms with Crippen LogP contribution in [-0.4, -0.2) is 15.6 Å². The van der Waals surface area contributed by atoms with Crippen LogP contribution in [-0.2, 0) is 11.3 Å². The van der Waals surface area contributed by atoms with Gasteiger partial charge in [-0.2, -0.15) is 5.26 Å². The van der Waals surface area contributed by atoms with Crippen molar-refractivity contribution in [2.75, 3.05) is 5.32 Å². The van der Waals surface area contributed by atoms with Gasteiger partial charge in [0.2, 0.25) is 0 Å². The average molecular weight is 360 g/mol. The zero-order valence-corrected chi connectivity index (χ0v) is 15.5. The Bertz CT molecular complexity index is 1040. The highest BCUT2D eigenvalue weighted by Crippen LogP contribution is 2.20. The molecule has 0 fully saturated rings. The van der Waals surface area contributed by atoms with E-state index in [1.807, 2.05) is 44.2 Å². The first-order valence-electron chi connectivity index (χ1n) is 8.55. The monoisotopic (exact) mass is 360 g/mol. The Morgan fingerprint density at radius 3 is 2.63 bits per heavy atom. The molecule has 0 radical (unpaired) electrons. The van der Waals surface area contributed by atoms with Gasteiger partial charge in [0.1, 0.15) is 17.4 Å². The van der Waals surface area contributed by atoms with Gasteiger partial charge in [-0.25, -0.2) is 0 Å². The van der Waals surface area contributed by atoms with Crippen LogP contribution in [0, 0.1) is 32.1 Å². The van der Waals surface area contributed by atoms with Crippen molar-refractivity contribution in [2.45, 2.75) is 27.3 Å². The molecule has 27 heavy (non-hydrogen) atoms. The summed E-state index contributed by atoms with van der Waals surface area (Å²) in [4.78, 5) is 12.4. The van der Waals surface area contributed by atoms with Crippen LogP contribution in [0.1, 0.15) is 28.3 Å². The summed E-state index contributed by atoms with van der Waals surface area (Å²) in [7, 11) is 0. The second-order valence-corrected chi connectivity index (χ2v) is 6.34. The van der Waals surface area contributed by atoms with Crippen LogP contribution in [0.2, 0.25) is 0 Å². The van der Waals surface area contributed by atoms with Crippen LogP contribution in [0.3, 0.4) is 0 Å². The number of hydrogen-bond acceptors (Lipinski definition) is 4. The fourth-order valence-corrected chi connectivity index (χ4v) is 2.90. The molecular weight excluding hydrogens is 340 g/mol. The molecule has 6 nitrogen and oxygen atoms in total. The molecule has 3 rings (SSSR count). The van der Waals surface area contributed by atoms with Gasteiger partial charge in [0.25, 0.3) is 5.91 Å². The number of nitriles is 1. The van der Waals surface area contributed by atoms with Gasteiger partial charge in [-0.1, -0.05) is 35.5 Å². The molecule has 0 unspecified atom stereocenters. The van der Waals surface area contributed by atoms with Crippen LogP contribution in [0.4, 0.5) is 5.82 Å². The third kappa shape index (κ3) is 4.15. The molecule has 136 valence electrons. The molecule has 1 aromatic carbocycles. The number of benzene rings is 1. The molecular formula is C21H20N4O2. The Labute approximate surface area is 157 Å². The van der Waals surface area contributed by atoms with E-state index in [0.717, 1.165) is 23.5 Å². The van der Waals surface area contributed by atoms with E-state index in [9.17, 15) is 10.1 Å². The average Bonchev–Trinajstić information content (AvgIpc) is 3.18. The van der Waals surface area contributed by atoms with Gasteiger partial charge in [0.15, 0.2) is 5.82 Å². The number of anilines is 1. The lowest BCUT2D eigenvalue weighted by Gasteiger charge is -2.09. The number of aromatic nitrogens is 2. The van der Waals surface area contributed by atoms with Crippen LogP contribution < -0.4 is 5.32 Å². The van der Waals surface area contributed by atoms with Gasteiger partial charge in [0, 0.05) is 24.0 Å². The number of carbonyl (C=O) groups excluding carboxylic acids is 1. The molecule has 0 saturated carbocycles. The van der Waals surface area contributed by atoms with Gasteiger partial charge in [0.05, 0.1) is 0 Å². The molecule has 0 aliphatic heterocycles. The molecule has 0 saturated heterocycles. The number of rotatable bonds is 5. The Morgan fingerprint density at radius 2 is 2.00 bits per heavy atom. The van der Waals surface area contributed by atoms with Crippen molar-refractivity contribution >= 4 is 17.8 Å². The van der Waals surface area contributed by atoms with E-state index < -0.39 is 5.91 Å². The highest BCUT2D eigenvalue weighted by molar-refractivity contribution is 6.09. The summed E-state index contributed by atoms with van der Waals surface area (Å²) in [5.74, 6) is 0.351. The lowest BCUT2D eigenvalue weighted by Crippen LogP contribution is -2.13. The van der Waals surface area contributed by atoms with Gasteiger partial charge < -0.3 is 14.4 Å². The summed E-state index contributed by atoms with van der Waals surface area (Å²) in [5.41, 5.74) is 4.10. The third-order valence-electron chi connectivity index (χ3n) is 4.33. The van der Waals surface area contributed by atoms with E-state index >= 15 is 0 Å². The van der Waals surface area contributed by atoms with Crippen molar-refractivity contribution in [3.63, 3.8) is 0 Å². The van der Waals surface area contributed by atoms with E-state index in [1.165, 1.54) is 5.56 Å². The maximum Gasteiger partial charge on any atom is 0.267 e. The van der Waals surface area contributed by atoms with Crippen molar-refractivity contribution in [3.05, 3.63) is 76.3 Å². The predicted octanol–water partition coefficient (Wildman–Crippen LogP) is 4.00. The number of amides is 1. The van der Waals surface area contributed by atoms with Crippen LogP contribution in [0.15, 0.2) is 52.6 Å². The maximum atomic E-state index is 12.4. The lowest BCUT2D eigenvalue weighted by atomic mass is 10.1. The SMILES string of the molecule is Cc1cc(NC(=O)/C(C#N)=C\c2cc(C)n(Cc3ccccc3)c2C)no1. The van der Waals surface area contributed by atoms with E-state index in [0.29, 0.717) is 5.76 Å². The summed E-state index contributed by atoms with van der Waals surface area (Å²) >= 11 is 0. The van der Waals surface area contributed by atoms with Gasteiger partial charge in [-0.15, -0.1) is 0 Å². The fourth-order valence-electron chi connectivity index (χ4n) is 2.90. The topological polar surface area (TPSA) is 83.9 Å². The number of carbonyl (C=O) groups is 1. The first-order valence-corrected chi connectivity index (χ1v) is 8.55. The smallest absolute Gasteiger partial charge is 0.267 e. The highest BCUT2D eigenvalue weighted by atomic mass is 16.5. The van der Waals surface area contributed by atoms with Gasteiger partial charge >= 0.3 is 0 Å². The molecule has 0 aliphatic carbocycles. The molecule has 2 heterocycles. The minimum atomic E-state index is -0.515.